The van der Waals surface area contributed by atoms with Crippen molar-refractivity contribution in [3.63, 3.8) is 0 Å². The van der Waals surface area contributed by atoms with Crippen LogP contribution in [0, 0.1) is 0 Å². The molecular formula is C9H11ClN2. The molecule has 3 heteroatoms. The van der Waals surface area contributed by atoms with Crippen molar-refractivity contribution in [1.82, 2.24) is 5.32 Å². The van der Waals surface area contributed by atoms with Gasteiger partial charge < -0.3 is 11.1 Å². The van der Waals surface area contributed by atoms with E-state index in [-0.39, 0.29) is 6.04 Å². The van der Waals surface area contributed by atoms with E-state index in [0.717, 1.165) is 18.1 Å². The Kier molecular flexibility index (Phi) is 2.05. The van der Waals surface area contributed by atoms with E-state index in [9.17, 15) is 0 Å². The van der Waals surface area contributed by atoms with Crippen LogP contribution in [0.2, 0.25) is 5.02 Å². The minimum Gasteiger partial charge on any atom is -0.323 e. The molecule has 2 nitrogen and oxygen atoms in total. The van der Waals surface area contributed by atoms with Gasteiger partial charge in [-0.25, -0.2) is 0 Å². The van der Waals surface area contributed by atoms with Gasteiger partial charge in [0.25, 0.3) is 0 Å². The number of hydrogen-bond donors (Lipinski definition) is 2. The molecule has 1 aliphatic heterocycles. The van der Waals surface area contributed by atoms with Gasteiger partial charge in [0.05, 0.1) is 0 Å². The van der Waals surface area contributed by atoms with Crippen molar-refractivity contribution in [2.24, 2.45) is 5.73 Å². The standard InChI is InChI=1S/C9H11ClN2/c10-7-1-2-8-6(3-7)4-12-5-9(8)11/h1-3,9,12H,4-5,11H2. The normalized spacial score (nSPS) is 22.0. The summed E-state index contributed by atoms with van der Waals surface area (Å²) < 4.78 is 0. The minimum absolute atomic E-state index is 0.117. The lowest BCUT2D eigenvalue weighted by atomic mass is 9.98. The Morgan fingerprint density at radius 2 is 2.33 bits per heavy atom. The molecule has 0 saturated heterocycles. The first-order valence-corrected chi connectivity index (χ1v) is 4.40. The molecule has 64 valence electrons. The molecule has 0 aromatic heterocycles. The van der Waals surface area contributed by atoms with Crippen molar-refractivity contribution in [1.29, 1.82) is 0 Å². The lowest BCUT2D eigenvalue weighted by Gasteiger charge is -2.23. The van der Waals surface area contributed by atoms with Crippen LogP contribution in [0.1, 0.15) is 17.2 Å². The van der Waals surface area contributed by atoms with Gasteiger partial charge in [0, 0.05) is 24.2 Å². The molecule has 1 unspecified atom stereocenters. The van der Waals surface area contributed by atoms with Crippen molar-refractivity contribution in [2.45, 2.75) is 12.6 Å². The quantitative estimate of drug-likeness (QED) is 0.638. The van der Waals surface area contributed by atoms with Crippen LogP contribution in [0.4, 0.5) is 0 Å². The molecule has 1 aromatic rings. The van der Waals surface area contributed by atoms with E-state index in [2.05, 4.69) is 5.32 Å². The predicted molar refractivity (Wildman–Crippen MR) is 50.1 cm³/mol. The van der Waals surface area contributed by atoms with Crippen LogP contribution < -0.4 is 11.1 Å². The van der Waals surface area contributed by atoms with Crippen LogP contribution in [-0.4, -0.2) is 6.54 Å². The molecule has 3 N–H and O–H groups in total. The van der Waals surface area contributed by atoms with E-state index >= 15 is 0 Å². The number of nitrogens with one attached hydrogen (secondary N) is 1. The Labute approximate surface area is 76.7 Å². The molecule has 0 amide bonds. The highest BCUT2D eigenvalue weighted by molar-refractivity contribution is 6.30. The fourth-order valence-corrected chi connectivity index (χ4v) is 1.76. The van der Waals surface area contributed by atoms with Gasteiger partial charge >= 0.3 is 0 Å². The summed E-state index contributed by atoms with van der Waals surface area (Å²) in [4.78, 5) is 0. The van der Waals surface area contributed by atoms with E-state index in [1.165, 1.54) is 11.1 Å². The van der Waals surface area contributed by atoms with Gasteiger partial charge in [-0.1, -0.05) is 17.7 Å². The molecule has 0 saturated carbocycles. The van der Waals surface area contributed by atoms with E-state index < -0.39 is 0 Å². The summed E-state index contributed by atoms with van der Waals surface area (Å²) in [6.07, 6.45) is 0. The Morgan fingerprint density at radius 1 is 1.50 bits per heavy atom. The zero-order valence-electron chi connectivity index (χ0n) is 6.68. The molecule has 0 fully saturated rings. The maximum atomic E-state index is 5.89. The van der Waals surface area contributed by atoms with Gasteiger partial charge in [0.15, 0.2) is 0 Å². The van der Waals surface area contributed by atoms with Gasteiger partial charge in [0.2, 0.25) is 0 Å². The third-order valence-corrected chi connectivity index (χ3v) is 2.42. The summed E-state index contributed by atoms with van der Waals surface area (Å²) in [5.74, 6) is 0. The maximum Gasteiger partial charge on any atom is 0.0425 e. The van der Waals surface area contributed by atoms with E-state index in [0.29, 0.717) is 0 Å². The summed E-state index contributed by atoms with van der Waals surface area (Å²) >= 11 is 5.86. The topological polar surface area (TPSA) is 38.0 Å². The van der Waals surface area contributed by atoms with Crippen molar-refractivity contribution >= 4 is 11.6 Å². The van der Waals surface area contributed by atoms with Gasteiger partial charge in [0.1, 0.15) is 0 Å². The second-order valence-electron chi connectivity index (χ2n) is 3.08. The first kappa shape index (κ1) is 8.05. The molecule has 12 heavy (non-hydrogen) atoms. The average Bonchev–Trinajstić information content (AvgIpc) is 2.04. The Bertz CT molecular complexity index is 299. The van der Waals surface area contributed by atoms with Crippen LogP contribution in [0.3, 0.4) is 0 Å². The number of halogens is 1. The lowest BCUT2D eigenvalue weighted by Crippen LogP contribution is -2.32. The molecule has 0 bridgehead atoms. The van der Waals surface area contributed by atoms with Gasteiger partial charge in [-0.05, 0) is 23.3 Å². The summed E-state index contributed by atoms with van der Waals surface area (Å²) in [5, 5.41) is 4.02. The summed E-state index contributed by atoms with van der Waals surface area (Å²) in [7, 11) is 0. The van der Waals surface area contributed by atoms with Crippen LogP contribution in [0.5, 0.6) is 0 Å². The molecule has 0 aliphatic carbocycles. The second kappa shape index (κ2) is 3.05. The summed E-state index contributed by atoms with van der Waals surface area (Å²) in [6.45, 7) is 1.73. The smallest absolute Gasteiger partial charge is 0.0425 e. The zero-order valence-corrected chi connectivity index (χ0v) is 7.43. The van der Waals surface area contributed by atoms with Gasteiger partial charge in [-0.2, -0.15) is 0 Å². The number of fused-ring (bicyclic) bond motifs is 1. The predicted octanol–water partition coefficient (Wildman–Crippen LogP) is 1.44. The second-order valence-corrected chi connectivity index (χ2v) is 3.52. The van der Waals surface area contributed by atoms with Gasteiger partial charge in [-0.3, -0.25) is 0 Å². The van der Waals surface area contributed by atoms with E-state index in [4.69, 9.17) is 17.3 Å². The van der Waals surface area contributed by atoms with Gasteiger partial charge in [-0.15, -0.1) is 0 Å². The average molecular weight is 183 g/mol. The van der Waals surface area contributed by atoms with Crippen molar-refractivity contribution in [3.8, 4) is 0 Å². The number of hydrogen-bond acceptors (Lipinski definition) is 2. The first-order valence-electron chi connectivity index (χ1n) is 4.02. The Balaban J connectivity index is 2.46. The van der Waals surface area contributed by atoms with Crippen molar-refractivity contribution in [3.05, 3.63) is 34.3 Å². The fraction of sp³-hybridized carbons (Fsp3) is 0.333. The molecule has 1 aliphatic rings. The van der Waals surface area contributed by atoms with Crippen LogP contribution in [0.25, 0.3) is 0 Å². The molecular weight excluding hydrogens is 172 g/mol. The Morgan fingerprint density at radius 3 is 3.17 bits per heavy atom. The lowest BCUT2D eigenvalue weighted by molar-refractivity contribution is 0.555. The first-order chi connectivity index (χ1) is 5.77. The molecule has 1 heterocycles. The fourth-order valence-electron chi connectivity index (χ4n) is 1.56. The largest absolute Gasteiger partial charge is 0.323 e. The third kappa shape index (κ3) is 1.33. The third-order valence-electron chi connectivity index (χ3n) is 2.18. The van der Waals surface area contributed by atoms with Crippen LogP contribution >= 0.6 is 11.6 Å². The molecule has 0 radical (unpaired) electrons. The summed E-state index contributed by atoms with van der Waals surface area (Å²) in [5.41, 5.74) is 8.33. The summed E-state index contributed by atoms with van der Waals surface area (Å²) in [6, 6.07) is 6.00. The van der Waals surface area contributed by atoms with Crippen molar-refractivity contribution in [2.75, 3.05) is 6.54 Å². The van der Waals surface area contributed by atoms with Crippen LogP contribution in [-0.2, 0) is 6.54 Å². The highest BCUT2D eigenvalue weighted by atomic mass is 35.5. The monoisotopic (exact) mass is 182 g/mol. The molecule has 2 rings (SSSR count). The number of rotatable bonds is 0. The number of nitrogens with two attached hydrogens (primary N) is 1. The highest BCUT2D eigenvalue weighted by Crippen LogP contribution is 2.23. The molecule has 1 atom stereocenters. The van der Waals surface area contributed by atoms with E-state index in [1.807, 2.05) is 18.2 Å². The zero-order chi connectivity index (χ0) is 8.55. The van der Waals surface area contributed by atoms with Crippen molar-refractivity contribution < 1.29 is 0 Å². The SMILES string of the molecule is NC1CNCc2cc(Cl)ccc21. The Hall–Kier alpha value is -0.570. The molecule has 1 aromatic carbocycles. The number of benzene rings is 1. The highest BCUT2D eigenvalue weighted by Gasteiger charge is 2.15. The minimum atomic E-state index is 0.117. The van der Waals surface area contributed by atoms with Crippen LogP contribution in [0.15, 0.2) is 18.2 Å². The van der Waals surface area contributed by atoms with E-state index in [1.54, 1.807) is 0 Å². The molecule has 0 spiro atoms. The maximum absolute atomic E-state index is 5.89.